The van der Waals surface area contributed by atoms with Crippen LogP contribution in [0, 0.1) is 0 Å². The zero-order valence-corrected chi connectivity index (χ0v) is 15.0. The van der Waals surface area contributed by atoms with Crippen LogP contribution in [0.2, 0.25) is 0 Å². The maximum atomic E-state index is 12.0. The first-order valence-corrected chi connectivity index (χ1v) is 8.50. The van der Waals surface area contributed by atoms with E-state index in [9.17, 15) is 4.79 Å². The number of carbonyl (C=O) groups is 1. The Bertz CT molecular complexity index is 924. The largest absolute Gasteiger partial charge is 0.496 e. The Labute approximate surface area is 158 Å². The zero-order valence-electron chi connectivity index (χ0n) is 15.0. The van der Waals surface area contributed by atoms with E-state index in [1.165, 1.54) is 6.21 Å². The molecular formula is C22H20N2O3. The highest BCUT2D eigenvalue weighted by atomic mass is 16.5. The van der Waals surface area contributed by atoms with Crippen molar-refractivity contribution in [2.75, 3.05) is 13.7 Å². The van der Waals surface area contributed by atoms with Gasteiger partial charge in [0.2, 0.25) is 0 Å². The normalized spacial score (nSPS) is 10.6. The van der Waals surface area contributed by atoms with Gasteiger partial charge >= 0.3 is 0 Å². The highest BCUT2D eigenvalue weighted by molar-refractivity contribution is 5.85. The molecule has 3 aromatic carbocycles. The topological polar surface area (TPSA) is 59.9 Å². The van der Waals surface area contributed by atoms with Crippen LogP contribution in [-0.4, -0.2) is 25.8 Å². The molecule has 0 aromatic heterocycles. The molecule has 0 bridgehead atoms. The smallest absolute Gasteiger partial charge is 0.277 e. The zero-order chi connectivity index (χ0) is 18.9. The second-order valence-corrected chi connectivity index (χ2v) is 5.69. The Hall–Kier alpha value is -3.60. The number of nitrogens with one attached hydrogen (secondary N) is 1. The van der Waals surface area contributed by atoms with Gasteiger partial charge in [0.1, 0.15) is 11.5 Å². The fraction of sp³-hybridized carbons (Fsp3) is 0.0909. The number of hydrazone groups is 1. The number of amides is 1. The lowest BCUT2D eigenvalue weighted by Gasteiger charge is -2.11. The average molecular weight is 360 g/mol. The van der Waals surface area contributed by atoms with Crippen molar-refractivity contribution in [3.05, 3.63) is 84.4 Å². The summed E-state index contributed by atoms with van der Waals surface area (Å²) in [5, 5.41) is 3.96. The monoisotopic (exact) mass is 360 g/mol. The van der Waals surface area contributed by atoms with Crippen LogP contribution in [-0.2, 0) is 4.79 Å². The van der Waals surface area contributed by atoms with Crippen molar-refractivity contribution in [2.24, 2.45) is 5.10 Å². The number of hydrogen-bond acceptors (Lipinski definition) is 4. The van der Waals surface area contributed by atoms with Crippen molar-refractivity contribution in [3.63, 3.8) is 0 Å². The molecule has 0 radical (unpaired) electrons. The van der Waals surface area contributed by atoms with Gasteiger partial charge in [-0.25, -0.2) is 5.43 Å². The van der Waals surface area contributed by atoms with Gasteiger partial charge in [-0.05, 0) is 23.8 Å². The molecule has 0 unspecified atom stereocenters. The first-order valence-electron chi connectivity index (χ1n) is 8.50. The number of methoxy groups -OCH3 is 1. The molecule has 136 valence electrons. The van der Waals surface area contributed by atoms with E-state index in [1.54, 1.807) is 7.11 Å². The fourth-order valence-electron chi connectivity index (χ4n) is 2.57. The number of hydrogen-bond donors (Lipinski definition) is 1. The first-order chi connectivity index (χ1) is 13.3. The van der Waals surface area contributed by atoms with Gasteiger partial charge in [0.15, 0.2) is 6.61 Å². The van der Waals surface area contributed by atoms with Crippen molar-refractivity contribution in [1.29, 1.82) is 0 Å². The van der Waals surface area contributed by atoms with Gasteiger partial charge in [0.05, 0.1) is 13.3 Å². The summed E-state index contributed by atoms with van der Waals surface area (Å²) in [5.41, 5.74) is 5.20. The second kappa shape index (κ2) is 9.20. The summed E-state index contributed by atoms with van der Waals surface area (Å²) < 4.78 is 10.9. The number of nitrogens with zero attached hydrogens (tertiary/aromatic N) is 1. The number of para-hydroxylation sites is 2. The van der Waals surface area contributed by atoms with Crippen molar-refractivity contribution < 1.29 is 14.3 Å². The van der Waals surface area contributed by atoms with E-state index < -0.39 is 0 Å². The fourth-order valence-corrected chi connectivity index (χ4v) is 2.57. The van der Waals surface area contributed by atoms with Crippen LogP contribution in [0.1, 0.15) is 5.56 Å². The Morgan fingerprint density at radius 1 is 0.926 bits per heavy atom. The minimum atomic E-state index is -0.344. The summed E-state index contributed by atoms with van der Waals surface area (Å²) in [6.45, 7) is -0.132. The van der Waals surface area contributed by atoms with Crippen molar-refractivity contribution >= 4 is 12.1 Å². The summed E-state index contributed by atoms with van der Waals surface area (Å²) in [4.78, 5) is 12.0. The highest BCUT2D eigenvalue weighted by Gasteiger charge is 2.07. The minimum Gasteiger partial charge on any atom is -0.496 e. The lowest BCUT2D eigenvalue weighted by molar-refractivity contribution is -0.123. The van der Waals surface area contributed by atoms with Crippen molar-refractivity contribution in [3.8, 4) is 22.6 Å². The molecule has 5 nitrogen and oxygen atoms in total. The van der Waals surface area contributed by atoms with Gasteiger partial charge in [-0.2, -0.15) is 5.10 Å². The summed E-state index contributed by atoms with van der Waals surface area (Å²) in [6.07, 6.45) is 1.54. The SMILES string of the molecule is COc1ccccc1/C=N/NC(=O)COc1ccccc1-c1ccccc1. The van der Waals surface area contributed by atoms with E-state index in [1.807, 2.05) is 78.9 Å². The van der Waals surface area contributed by atoms with E-state index in [-0.39, 0.29) is 12.5 Å². The average Bonchev–Trinajstić information content (AvgIpc) is 2.73. The van der Waals surface area contributed by atoms with Crippen LogP contribution in [0.4, 0.5) is 0 Å². The molecule has 3 aromatic rings. The standard InChI is InChI=1S/C22H20N2O3/c1-26-20-13-7-5-11-18(20)15-23-24-22(25)16-27-21-14-8-6-12-19(21)17-9-3-2-4-10-17/h2-15H,16H2,1H3,(H,24,25)/b23-15+. The predicted octanol–water partition coefficient (Wildman–Crippen LogP) is 3.89. The molecule has 0 aliphatic carbocycles. The molecule has 5 heteroatoms. The van der Waals surface area contributed by atoms with E-state index in [0.717, 1.165) is 16.7 Å². The van der Waals surface area contributed by atoms with Gasteiger partial charge < -0.3 is 9.47 Å². The van der Waals surface area contributed by atoms with E-state index in [4.69, 9.17) is 9.47 Å². The molecule has 27 heavy (non-hydrogen) atoms. The quantitative estimate of drug-likeness (QED) is 0.514. The molecule has 0 heterocycles. The molecule has 0 aliphatic heterocycles. The van der Waals surface area contributed by atoms with Gasteiger partial charge in [-0.15, -0.1) is 0 Å². The van der Waals surface area contributed by atoms with Crippen LogP contribution in [0.5, 0.6) is 11.5 Å². The summed E-state index contributed by atoms with van der Waals surface area (Å²) in [5.74, 6) is 0.986. The van der Waals surface area contributed by atoms with Crippen LogP contribution >= 0.6 is 0 Å². The van der Waals surface area contributed by atoms with E-state index in [0.29, 0.717) is 11.5 Å². The van der Waals surface area contributed by atoms with Gasteiger partial charge in [-0.1, -0.05) is 60.7 Å². The predicted molar refractivity (Wildman–Crippen MR) is 106 cm³/mol. The van der Waals surface area contributed by atoms with Gasteiger partial charge in [0, 0.05) is 11.1 Å². The first kappa shape index (κ1) is 18.2. The molecule has 1 N–H and O–H groups in total. The minimum absolute atomic E-state index is 0.132. The number of ether oxygens (including phenoxy) is 2. The maximum absolute atomic E-state index is 12.0. The lowest BCUT2D eigenvalue weighted by Crippen LogP contribution is -2.24. The molecular weight excluding hydrogens is 340 g/mol. The third-order valence-electron chi connectivity index (χ3n) is 3.86. The summed E-state index contributed by atoms with van der Waals surface area (Å²) in [7, 11) is 1.59. The highest BCUT2D eigenvalue weighted by Crippen LogP contribution is 2.29. The van der Waals surface area contributed by atoms with Crippen LogP contribution in [0.15, 0.2) is 84.0 Å². The molecule has 0 saturated carbocycles. The lowest BCUT2D eigenvalue weighted by atomic mass is 10.1. The molecule has 3 rings (SSSR count). The van der Waals surface area contributed by atoms with Crippen LogP contribution in [0.3, 0.4) is 0 Å². The molecule has 0 aliphatic rings. The molecule has 0 fully saturated rings. The Morgan fingerprint density at radius 2 is 1.59 bits per heavy atom. The Morgan fingerprint density at radius 3 is 2.37 bits per heavy atom. The summed E-state index contributed by atoms with van der Waals surface area (Å²) in [6, 6.07) is 24.9. The Balaban J connectivity index is 1.59. The Kier molecular flexibility index (Phi) is 6.20. The molecule has 1 amide bonds. The van der Waals surface area contributed by atoms with Gasteiger partial charge in [-0.3, -0.25) is 4.79 Å². The second-order valence-electron chi connectivity index (χ2n) is 5.69. The van der Waals surface area contributed by atoms with Gasteiger partial charge in [0.25, 0.3) is 5.91 Å². The number of carbonyl (C=O) groups excluding carboxylic acids is 1. The number of rotatable bonds is 7. The van der Waals surface area contributed by atoms with E-state index in [2.05, 4.69) is 10.5 Å². The van der Waals surface area contributed by atoms with Crippen molar-refractivity contribution in [2.45, 2.75) is 0 Å². The van der Waals surface area contributed by atoms with Crippen LogP contribution < -0.4 is 14.9 Å². The summed E-state index contributed by atoms with van der Waals surface area (Å²) >= 11 is 0. The maximum Gasteiger partial charge on any atom is 0.277 e. The molecule has 0 spiro atoms. The van der Waals surface area contributed by atoms with Crippen LogP contribution in [0.25, 0.3) is 11.1 Å². The van der Waals surface area contributed by atoms with E-state index >= 15 is 0 Å². The number of benzene rings is 3. The molecule has 0 saturated heterocycles. The molecule has 0 atom stereocenters. The third kappa shape index (κ3) is 4.95. The third-order valence-corrected chi connectivity index (χ3v) is 3.86. The van der Waals surface area contributed by atoms with Crippen molar-refractivity contribution in [1.82, 2.24) is 5.43 Å².